The van der Waals surface area contributed by atoms with Crippen molar-refractivity contribution in [1.82, 2.24) is 14.7 Å². The molecule has 4 nitrogen and oxygen atoms in total. The molecule has 2 aromatic carbocycles. The SMILES string of the molecule is CN1CCN(CCN2CCN(c3ccccc3)CC2)CC1c1ccccc1. The van der Waals surface area contributed by atoms with E-state index in [4.69, 9.17) is 0 Å². The van der Waals surface area contributed by atoms with Crippen LogP contribution in [0.15, 0.2) is 60.7 Å². The minimum atomic E-state index is 0.523. The molecule has 1 atom stereocenters. The Balaban J connectivity index is 1.25. The summed E-state index contributed by atoms with van der Waals surface area (Å²) in [5.74, 6) is 0. The first-order valence-corrected chi connectivity index (χ1v) is 10.3. The van der Waals surface area contributed by atoms with Gasteiger partial charge in [-0.15, -0.1) is 0 Å². The lowest BCUT2D eigenvalue weighted by Gasteiger charge is -2.41. The second kappa shape index (κ2) is 8.87. The summed E-state index contributed by atoms with van der Waals surface area (Å²) in [5.41, 5.74) is 2.81. The van der Waals surface area contributed by atoms with Gasteiger partial charge in [-0.25, -0.2) is 0 Å². The molecule has 1 unspecified atom stereocenters. The zero-order chi connectivity index (χ0) is 18.5. The third-order valence-corrected chi connectivity index (χ3v) is 6.14. The standard InChI is InChI=1S/C23H32N4/c1-24-12-13-26(20-23(24)21-8-4-2-5-9-21)15-14-25-16-18-27(19-17-25)22-10-6-3-7-11-22/h2-11,23H,12-20H2,1H3. The quantitative estimate of drug-likeness (QED) is 0.809. The molecule has 0 radical (unpaired) electrons. The van der Waals surface area contributed by atoms with Crippen molar-refractivity contribution < 1.29 is 0 Å². The highest BCUT2D eigenvalue weighted by Gasteiger charge is 2.26. The monoisotopic (exact) mass is 364 g/mol. The van der Waals surface area contributed by atoms with Gasteiger partial charge in [0.2, 0.25) is 0 Å². The van der Waals surface area contributed by atoms with Gasteiger partial charge < -0.3 is 4.90 Å². The zero-order valence-electron chi connectivity index (χ0n) is 16.5. The van der Waals surface area contributed by atoms with Crippen LogP contribution < -0.4 is 4.90 Å². The first-order valence-electron chi connectivity index (χ1n) is 10.3. The van der Waals surface area contributed by atoms with Gasteiger partial charge in [-0.05, 0) is 24.7 Å². The fraction of sp³-hybridized carbons (Fsp3) is 0.478. The Morgan fingerprint density at radius 2 is 1.30 bits per heavy atom. The van der Waals surface area contributed by atoms with Gasteiger partial charge >= 0.3 is 0 Å². The van der Waals surface area contributed by atoms with E-state index in [1.807, 2.05) is 0 Å². The number of nitrogens with zero attached hydrogens (tertiary/aromatic N) is 4. The first kappa shape index (κ1) is 18.5. The van der Waals surface area contributed by atoms with Gasteiger partial charge in [-0.2, -0.15) is 0 Å². The topological polar surface area (TPSA) is 13.0 Å². The lowest BCUT2D eigenvalue weighted by Crippen LogP contribution is -2.51. The molecule has 2 aromatic rings. The predicted molar refractivity (Wildman–Crippen MR) is 113 cm³/mol. The lowest BCUT2D eigenvalue weighted by molar-refractivity contribution is 0.0851. The maximum absolute atomic E-state index is 2.65. The van der Waals surface area contributed by atoms with Gasteiger partial charge in [0, 0.05) is 70.6 Å². The molecule has 0 bridgehead atoms. The van der Waals surface area contributed by atoms with Crippen molar-refractivity contribution in [3.05, 3.63) is 66.2 Å². The number of para-hydroxylation sites is 1. The van der Waals surface area contributed by atoms with E-state index >= 15 is 0 Å². The molecule has 4 heteroatoms. The summed E-state index contributed by atoms with van der Waals surface area (Å²) < 4.78 is 0. The van der Waals surface area contributed by atoms with Crippen LogP contribution in [-0.2, 0) is 0 Å². The zero-order valence-corrected chi connectivity index (χ0v) is 16.5. The fourth-order valence-corrected chi connectivity index (χ4v) is 4.32. The molecule has 27 heavy (non-hydrogen) atoms. The number of hydrogen-bond acceptors (Lipinski definition) is 4. The molecule has 144 valence electrons. The molecule has 4 rings (SSSR count). The van der Waals surface area contributed by atoms with E-state index in [0.29, 0.717) is 6.04 Å². The number of benzene rings is 2. The fourth-order valence-electron chi connectivity index (χ4n) is 4.32. The molecule has 2 aliphatic rings. The molecule has 0 amide bonds. The van der Waals surface area contributed by atoms with E-state index in [1.165, 1.54) is 44.0 Å². The van der Waals surface area contributed by atoms with E-state index in [2.05, 4.69) is 87.3 Å². The third kappa shape index (κ3) is 4.70. The second-order valence-electron chi connectivity index (χ2n) is 7.87. The van der Waals surface area contributed by atoms with Crippen molar-refractivity contribution in [2.75, 3.05) is 70.9 Å². The molecule has 0 N–H and O–H groups in total. The van der Waals surface area contributed by atoms with E-state index in [-0.39, 0.29) is 0 Å². The van der Waals surface area contributed by atoms with Gasteiger partial charge in [0.25, 0.3) is 0 Å². The number of rotatable bonds is 5. The van der Waals surface area contributed by atoms with Crippen LogP contribution in [0.1, 0.15) is 11.6 Å². The third-order valence-electron chi connectivity index (χ3n) is 6.14. The van der Waals surface area contributed by atoms with Crippen LogP contribution in [0.5, 0.6) is 0 Å². The van der Waals surface area contributed by atoms with Crippen LogP contribution in [-0.4, -0.2) is 80.7 Å². The highest BCUT2D eigenvalue weighted by atomic mass is 15.3. The second-order valence-corrected chi connectivity index (χ2v) is 7.87. The summed E-state index contributed by atoms with van der Waals surface area (Å²) in [4.78, 5) is 10.3. The van der Waals surface area contributed by atoms with Gasteiger partial charge in [0.15, 0.2) is 0 Å². The Labute approximate surface area is 164 Å². The number of likely N-dealkylation sites (N-methyl/N-ethyl adjacent to an activating group) is 1. The molecular weight excluding hydrogens is 332 g/mol. The molecule has 0 aliphatic carbocycles. The smallest absolute Gasteiger partial charge is 0.0472 e. The van der Waals surface area contributed by atoms with Crippen LogP contribution in [0.3, 0.4) is 0 Å². The minimum absolute atomic E-state index is 0.523. The van der Waals surface area contributed by atoms with E-state index < -0.39 is 0 Å². The maximum atomic E-state index is 2.65. The van der Waals surface area contributed by atoms with Crippen molar-refractivity contribution >= 4 is 5.69 Å². The summed E-state index contributed by atoms with van der Waals surface area (Å²) in [7, 11) is 2.26. The van der Waals surface area contributed by atoms with Crippen LogP contribution in [0.25, 0.3) is 0 Å². The van der Waals surface area contributed by atoms with Crippen LogP contribution in [0, 0.1) is 0 Å². The summed E-state index contributed by atoms with van der Waals surface area (Å²) >= 11 is 0. The summed E-state index contributed by atoms with van der Waals surface area (Å²) in [6, 6.07) is 22.3. The predicted octanol–water partition coefficient (Wildman–Crippen LogP) is 2.80. The van der Waals surface area contributed by atoms with Gasteiger partial charge in [-0.3, -0.25) is 14.7 Å². The van der Waals surface area contributed by atoms with Gasteiger partial charge in [-0.1, -0.05) is 48.5 Å². The molecule has 2 heterocycles. The molecule has 2 saturated heterocycles. The normalized spacial score (nSPS) is 22.9. The molecular formula is C23H32N4. The largest absolute Gasteiger partial charge is 0.369 e. The van der Waals surface area contributed by atoms with E-state index in [0.717, 1.165) is 26.2 Å². The highest BCUT2D eigenvalue weighted by Crippen LogP contribution is 2.23. The van der Waals surface area contributed by atoms with E-state index in [1.54, 1.807) is 0 Å². The van der Waals surface area contributed by atoms with E-state index in [9.17, 15) is 0 Å². The van der Waals surface area contributed by atoms with Crippen molar-refractivity contribution in [2.45, 2.75) is 6.04 Å². The van der Waals surface area contributed by atoms with Crippen molar-refractivity contribution in [2.24, 2.45) is 0 Å². The highest BCUT2D eigenvalue weighted by molar-refractivity contribution is 5.46. The van der Waals surface area contributed by atoms with Crippen LogP contribution in [0.2, 0.25) is 0 Å². The molecule has 2 aliphatic heterocycles. The Morgan fingerprint density at radius 1 is 0.704 bits per heavy atom. The Morgan fingerprint density at radius 3 is 2.00 bits per heavy atom. The molecule has 0 spiro atoms. The summed E-state index contributed by atoms with van der Waals surface area (Å²) in [5, 5.41) is 0. The average Bonchev–Trinajstić information content (AvgIpc) is 2.75. The maximum Gasteiger partial charge on any atom is 0.0472 e. The van der Waals surface area contributed by atoms with Crippen molar-refractivity contribution in [1.29, 1.82) is 0 Å². The Kier molecular flexibility index (Phi) is 6.07. The number of piperazine rings is 2. The minimum Gasteiger partial charge on any atom is -0.369 e. The first-order chi connectivity index (χ1) is 13.3. The summed E-state index contributed by atoms with van der Waals surface area (Å²) in [6.07, 6.45) is 0. The van der Waals surface area contributed by atoms with Gasteiger partial charge in [0.05, 0.1) is 0 Å². The summed E-state index contributed by atoms with van der Waals surface area (Å²) in [6.45, 7) is 10.5. The average molecular weight is 365 g/mol. The Bertz CT molecular complexity index is 682. The van der Waals surface area contributed by atoms with Crippen molar-refractivity contribution in [3.63, 3.8) is 0 Å². The number of hydrogen-bond donors (Lipinski definition) is 0. The van der Waals surface area contributed by atoms with Crippen LogP contribution in [0.4, 0.5) is 5.69 Å². The number of anilines is 1. The van der Waals surface area contributed by atoms with Crippen LogP contribution >= 0.6 is 0 Å². The molecule has 0 aromatic heterocycles. The lowest BCUT2D eigenvalue weighted by atomic mass is 10.0. The van der Waals surface area contributed by atoms with Crippen molar-refractivity contribution in [3.8, 4) is 0 Å². The molecule has 2 fully saturated rings. The molecule has 0 saturated carbocycles. The van der Waals surface area contributed by atoms with Gasteiger partial charge in [0.1, 0.15) is 0 Å². The Hall–Kier alpha value is -1.88.